The monoisotopic (exact) mass is 258 g/mol. The van der Waals surface area contributed by atoms with E-state index in [0.29, 0.717) is 6.61 Å². The van der Waals surface area contributed by atoms with Crippen molar-refractivity contribution in [1.82, 2.24) is 4.98 Å². The van der Waals surface area contributed by atoms with Crippen LogP contribution in [0.15, 0.2) is 12.3 Å². The lowest BCUT2D eigenvalue weighted by Crippen LogP contribution is -2.51. The molecule has 2 heterocycles. The fourth-order valence-corrected chi connectivity index (χ4v) is 1.81. The second-order valence-corrected chi connectivity index (χ2v) is 3.77. The largest absolute Gasteiger partial charge is 0.467 e. The third-order valence-electron chi connectivity index (χ3n) is 2.66. The van der Waals surface area contributed by atoms with Gasteiger partial charge in [0.2, 0.25) is 0 Å². The van der Waals surface area contributed by atoms with Crippen molar-refractivity contribution < 1.29 is 23.0 Å². The predicted molar refractivity (Wildman–Crippen MR) is 58.1 cm³/mol. The number of nitrogens with zero attached hydrogens (tertiary/aromatic N) is 2. The lowest BCUT2D eigenvalue weighted by atomic mass is 10.2. The highest BCUT2D eigenvalue weighted by Crippen LogP contribution is 2.21. The number of hydrogen-bond donors (Lipinski definition) is 0. The van der Waals surface area contributed by atoms with Gasteiger partial charge in [-0.3, -0.25) is 0 Å². The van der Waals surface area contributed by atoms with Crippen LogP contribution >= 0.6 is 0 Å². The van der Waals surface area contributed by atoms with Gasteiger partial charge in [0.15, 0.2) is 17.7 Å². The van der Waals surface area contributed by atoms with E-state index in [2.05, 4.69) is 9.72 Å². The number of carbonyl (C=O) groups is 1. The Hall–Kier alpha value is -1.76. The average Bonchev–Trinajstić information content (AvgIpc) is 2.38. The highest BCUT2D eigenvalue weighted by Gasteiger charge is 2.32. The summed E-state index contributed by atoms with van der Waals surface area (Å²) >= 11 is 0. The van der Waals surface area contributed by atoms with Gasteiger partial charge in [-0.2, -0.15) is 0 Å². The van der Waals surface area contributed by atoms with Crippen molar-refractivity contribution in [3.05, 3.63) is 23.9 Å². The van der Waals surface area contributed by atoms with Gasteiger partial charge in [0.25, 0.3) is 0 Å². The zero-order valence-electron chi connectivity index (χ0n) is 9.73. The van der Waals surface area contributed by atoms with E-state index in [1.54, 1.807) is 0 Å². The van der Waals surface area contributed by atoms with Gasteiger partial charge < -0.3 is 14.4 Å². The first kappa shape index (κ1) is 12.7. The number of pyridine rings is 1. The predicted octanol–water partition coefficient (Wildman–Crippen LogP) is 0.738. The number of halogens is 2. The van der Waals surface area contributed by atoms with Crippen molar-refractivity contribution >= 4 is 11.8 Å². The maximum Gasteiger partial charge on any atom is 0.330 e. The van der Waals surface area contributed by atoms with Gasteiger partial charge in [0, 0.05) is 12.6 Å². The van der Waals surface area contributed by atoms with Crippen LogP contribution in [0.5, 0.6) is 0 Å². The van der Waals surface area contributed by atoms with E-state index in [-0.39, 0.29) is 19.0 Å². The molecule has 0 saturated carbocycles. The second kappa shape index (κ2) is 5.26. The van der Waals surface area contributed by atoms with Crippen LogP contribution < -0.4 is 4.90 Å². The molecule has 1 aromatic heterocycles. The minimum atomic E-state index is -0.814. The fourth-order valence-electron chi connectivity index (χ4n) is 1.81. The second-order valence-electron chi connectivity index (χ2n) is 3.77. The molecule has 1 atom stereocenters. The first-order valence-corrected chi connectivity index (χ1v) is 5.36. The summed E-state index contributed by atoms with van der Waals surface area (Å²) in [5.41, 5.74) is 0. The molecule has 98 valence electrons. The van der Waals surface area contributed by atoms with Gasteiger partial charge >= 0.3 is 5.97 Å². The molecule has 5 nitrogen and oxygen atoms in total. The molecule has 18 heavy (non-hydrogen) atoms. The molecule has 1 fully saturated rings. The zero-order chi connectivity index (χ0) is 13.1. The highest BCUT2D eigenvalue weighted by atomic mass is 19.1. The van der Waals surface area contributed by atoms with Gasteiger partial charge in [-0.1, -0.05) is 0 Å². The standard InChI is InChI=1S/C11H12F2N2O3/c1-17-11(16)9-6-18-3-2-15(9)10-8(13)4-7(12)5-14-10/h4-5,9H,2-3,6H2,1H3. The Labute approximate surface area is 102 Å². The Morgan fingerprint density at radius 1 is 1.61 bits per heavy atom. The maximum absolute atomic E-state index is 13.6. The van der Waals surface area contributed by atoms with E-state index in [4.69, 9.17) is 4.74 Å². The SMILES string of the molecule is COC(=O)C1COCCN1c1ncc(F)cc1F. The smallest absolute Gasteiger partial charge is 0.330 e. The van der Waals surface area contributed by atoms with Crippen molar-refractivity contribution in [3.63, 3.8) is 0 Å². The molecule has 2 rings (SSSR count). The first-order chi connectivity index (χ1) is 8.63. The molecule has 1 aliphatic rings. The summed E-state index contributed by atoms with van der Waals surface area (Å²) in [7, 11) is 1.24. The molecule has 0 aliphatic carbocycles. The minimum absolute atomic E-state index is 0.0740. The van der Waals surface area contributed by atoms with Gasteiger partial charge in [0.05, 0.1) is 26.5 Å². The summed E-state index contributed by atoms with van der Waals surface area (Å²) in [5, 5.41) is 0. The molecule has 0 bridgehead atoms. The third kappa shape index (κ3) is 2.40. The fraction of sp³-hybridized carbons (Fsp3) is 0.455. The number of aromatic nitrogens is 1. The molecule has 0 radical (unpaired) electrons. The molecule has 1 unspecified atom stereocenters. The van der Waals surface area contributed by atoms with Gasteiger partial charge in [-0.25, -0.2) is 18.6 Å². The number of morpholine rings is 1. The molecule has 7 heteroatoms. The Morgan fingerprint density at radius 3 is 3.06 bits per heavy atom. The summed E-state index contributed by atoms with van der Waals surface area (Å²) in [6.45, 7) is 0.715. The number of esters is 1. The molecule has 1 aromatic rings. The summed E-state index contributed by atoms with van der Waals surface area (Å²) in [6.07, 6.45) is 0.905. The van der Waals surface area contributed by atoms with Crippen molar-refractivity contribution in [2.24, 2.45) is 0 Å². The van der Waals surface area contributed by atoms with Gasteiger partial charge in [-0.15, -0.1) is 0 Å². The molecule has 0 aromatic carbocycles. The van der Waals surface area contributed by atoms with E-state index >= 15 is 0 Å². The Bertz CT molecular complexity index is 456. The number of carbonyl (C=O) groups excluding carboxylic acids is 1. The van der Waals surface area contributed by atoms with E-state index in [1.807, 2.05) is 0 Å². The Kier molecular flexibility index (Phi) is 3.71. The Balaban J connectivity index is 2.30. The highest BCUT2D eigenvalue weighted by molar-refractivity contribution is 5.80. The van der Waals surface area contributed by atoms with Crippen LogP contribution in [0, 0.1) is 11.6 Å². The summed E-state index contributed by atoms with van der Waals surface area (Å²) in [6, 6.07) is -0.0391. The van der Waals surface area contributed by atoms with Crippen LogP contribution in [0.3, 0.4) is 0 Å². The van der Waals surface area contributed by atoms with Crippen LogP contribution in [0.4, 0.5) is 14.6 Å². The molecule has 0 spiro atoms. The number of hydrogen-bond acceptors (Lipinski definition) is 5. The lowest BCUT2D eigenvalue weighted by molar-refractivity contribution is -0.144. The first-order valence-electron chi connectivity index (χ1n) is 5.36. The minimum Gasteiger partial charge on any atom is -0.467 e. The third-order valence-corrected chi connectivity index (χ3v) is 2.66. The Morgan fingerprint density at radius 2 is 2.39 bits per heavy atom. The van der Waals surface area contributed by atoms with Gasteiger partial charge in [0.1, 0.15) is 5.82 Å². The van der Waals surface area contributed by atoms with Crippen LogP contribution in [0.1, 0.15) is 0 Å². The van der Waals surface area contributed by atoms with Crippen LogP contribution in [-0.4, -0.2) is 43.9 Å². The van der Waals surface area contributed by atoms with Crippen molar-refractivity contribution in [3.8, 4) is 0 Å². The quantitative estimate of drug-likeness (QED) is 0.732. The molecular weight excluding hydrogens is 246 g/mol. The van der Waals surface area contributed by atoms with E-state index in [9.17, 15) is 13.6 Å². The van der Waals surface area contributed by atoms with E-state index in [1.165, 1.54) is 12.0 Å². The van der Waals surface area contributed by atoms with Crippen LogP contribution in [0.2, 0.25) is 0 Å². The summed E-state index contributed by atoms with van der Waals surface area (Å²) < 4.78 is 36.2. The molecule has 0 amide bonds. The molecular formula is C11H12F2N2O3. The van der Waals surface area contributed by atoms with E-state index < -0.39 is 23.6 Å². The lowest BCUT2D eigenvalue weighted by Gasteiger charge is -2.34. The van der Waals surface area contributed by atoms with E-state index in [0.717, 1.165) is 12.3 Å². The molecule has 1 saturated heterocycles. The molecule has 0 N–H and O–H groups in total. The number of anilines is 1. The topological polar surface area (TPSA) is 51.7 Å². The zero-order valence-corrected chi connectivity index (χ0v) is 9.73. The summed E-state index contributed by atoms with van der Waals surface area (Å²) in [5.74, 6) is -2.19. The van der Waals surface area contributed by atoms with Crippen LogP contribution in [0.25, 0.3) is 0 Å². The molecule has 1 aliphatic heterocycles. The van der Waals surface area contributed by atoms with Crippen molar-refractivity contribution in [1.29, 1.82) is 0 Å². The average molecular weight is 258 g/mol. The van der Waals surface area contributed by atoms with Gasteiger partial charge in [-0.05, 0) is 0 Å². The maximum atomic E-state index is 13.6. The number of ether oxygens (including phenoxy) is 2. The number of rotatable bonds is 2. The number of methoxy groups -OCH3 is 1. The van der Waals surface area contributed by atoms with Crippen molar-refractivity contribution in [2.45, 2.75) is 6.04 Å². The van der Waals surface area contributed by atoms with Crippen molar-refractivity contribution in [2.75, 3.05) is 31.8 Å². The van der Waals surface area contributed by atoms with Crippen LogP contribution in [-0.2, 0) is 14.3 Å². The summed E-state index contributed by atoms with van der Waals surface area (Å²) in [4.78, 5) is 16.7. The normalized spacial score (nSPS) is 19.7.